The van der Waals surface area contributed by atoms with E-state index in [1.54, 1.807) is 12.1 Å². The Kier molecular flexibility index (Phi) is 4.36. The Morgan fingerprint density at radius 3 is 1.45 bits per heavy atom. The molecule has 0 atom stereocenters. The van der Waals surface area contributed by atoms with Crippen molar-refractivity contribution < 1.29 is 22.2 Å². The predicted octanol–water partition coefficient (Wildman–Crippen LogP) is 14.9. The molecular weight excluding hydrogens is 641 g/mol. The summed E-state index contributed by atoms with van der Waals surface area (Å²) in [5.41, 5.74) is 5.21. The highest BCUT2D eigenvalue weighted by Crippen LogP contribution is 2.44. The van der Waals surface area contributed by atoms with Crippen LogP contribution in [0, 0.1) is 0 Å². The van der Waals surface area contributed by atoms with Crippen molar-refractivity contribution in [1.29, 1.82) is 0 Å². The van der Waals surface area contributed by atoms with E-state index in [9.17, 15) is 5.48 Å². The summed E-state index contributed by atoms with van der Waals surface area (Å²) in [6.45, 7) is 0. The van der Waals surface area contributed by atoms with Crippen LogP contribution in [0.2, 0.25) is 0 Å². The van der Waals surface area contributed by atoms with Crippen LogP contribution in [0.1, 0.15) is 17.8 Å². The fraction of sp³-hybridized carbons (Fsp3) is 0. The van der Waals surface area contributed by atoms with Gasteiger partial charge in [-0.25, -0.2) is 0 Å². The lowest BCUT2D eigenvalue weighted by atomic mass is 9.85. The van der Waals surface area contributed by atoms with Crippen LogP contribution < -0.4 is 0 Å². The third-order valence-corrected chi connectivity index (χ3v) is 10.1. The highest BCUT2D eigenvalue weighted by molar-refractivity contribution is 6.21. The topological polar surface area (TPSA) is 13.1 Å². The molecule has 0 spiro atoms. The summed E-state index contributed by atoms with van der Waals surface area (Å²) in [5, 5.41) is 5.13. The van der Waals surface area contributed by atoms with Gasteiger partial charge in [0, 0.05) is 10.8 Å². The quantitative estimate of drug-likeness (QED) is 0.168. The summed E-state index contributed by atoms with van der Waals surface area (Å²) in [7, 11) is 0. The summed E-state index contributed by atoms with van der Waals surface area (Å²) >= 11 is 0. The summed E-state index contributed by atoms with van der Waals surface area (Å²) in [4.78, 5) is 0. The molecule has 11 rings (SSSR count). The van der Waals surface area contributed by atoms with E-state index in [0.29, 0.717) is 5.56 Å². The second-order valence-corrected chi connectivity index (χ2v) is 13.1. The number of hydrogen-bond donors (Lipinski definition) is 0. The molecule has 0 N–H and O–H groups in total. The van der Waals surface area contributed by atoms with Crippen LogP contribution in [0.4, 0.5) is 0 Å². The molecule has 0 amide bonds. The smallest absolute Gasteiger partial charge is 0.136 e. The highest BCUT2D eigenvalue weighted by Gasteiger charge is 2.17. The Balaban J connectivity index is 1.09. The maximum atomic E-state index is 9.26. The molecule has 0 unspecified atom stereocenters. The second-order valence-electron chi connectivity index (χ2n) is 13.1. The van der Waals surface area contributed by atoms with Gasteiger partial charge in [0.05, 0.1) is 17.8 Å². The average molecular weight is 686 g/mol. The van der Waals surface area contributed by atoms with Crippen molar-refractivity contribution in [2.45, 2.75) is 0 Å². The van der Waals surface area contributed by atoms with Gasteiger partial charge in [0.15, 0.2) is 0 Å². The fourth-order valence-electron chi connectivity index (χ4n) is 7.62. The maximum absolute atomic E-state index is 9.26. The molecule has 0 saturated heterocycles. The normalized spacial score (nSPS) is 15.2. The first-order valence-corrected chi connectivity index (χ1v) is 17.2. The zero-order valence-corrected chi connectivity index (χ0v) is 27.9. The molecule has 0 saturated carbocycles. The molecule has 1 heteroatoms. The van der Waals surface area contributed by atoms with Gasteiger partial charge in [-0.2, -0.15) is 0 Å². The lowest BCUT2D eigenvalue weighted by molar-refractivity contribution is 0.669. The minimum Gasteiger partial charge on any atom is -0.456 e. The largest absolute Gasteiger partial charge is 0.456 e. The molecular formula is C52H32O. The van der Waals surface area contributed by atoms with Crippen molar-refractivity contribution in [2.75, 3.05) is 0 Å². The van der Waals surface area contributed by atoms with Crippen molar-refractivity contribution in [2.24, 2.45) is 0 Å². The lowest BCUT2D eigenvalue weighted by Crippen LogP contribution is -1.90. The van der Waals surface area contributed by atoms with E-state index in [1.807, 2.05) is 54.6 Å². The van der Waals surface area contributed by atoms with Gasteiger partial charge >= 0.3 is 0 Å². The Hall–Kier alpha value is -6.96. The monoisotopic (exact) mass is 685 g/mol. The van der Waals surface area contributed by atoms with Gasteiger partial charge in [-0.3, -0.25) is 0 Å². The molecule has 11 aromatic rings. The van der Waals surface area contributed by atoms with Crippen LogP contribution in [0.3, 0.4) is 0 Å². The van der Waals surface area contributed by atoms with Gasteiger partial charge in [0.25, 0.3) is 0 Å². The Morgan fingerprint density at radius 1 is 0.302 bits per heavy atom. The molecule has 1 aromatic heterocycles. The minimum absolute atomic E-state index is 0.0835. The van der Waals surface area contributed by atoms with E-state index >= 15 is 0 Å². The van der Waals surface area contributed by atoms with Gasteiger partial charge in [0.2, 0.25) is 0 Å². The SMILES string of the molecule is [2H]c1c([2H])c([2H])c(-c2c3c([2H])c([2H])c([2H])c([2H])c3c(-c3ccc4cc(-c5ccc6c(c5)oc5ccc(-c7ccc8ccccc8c7)cc56)ccc4c3)c3c([2H])c([2H])c([2H])c([2H])c23)c([2H])c1[2H]. The summed E-state index contributed by atoms with van der Waals surface area (Å²) in [5.74, 6) is 0. The van der Waals surface area contributed by atoms with Gasteiger partial charge in [0.1, 0.15) is 11.2 Å². The van der Waals surface area contributed by atoms with Crippen molar-refractivity contribution >= 4 is 65.0 Å². The molecule has 53 heavy (non-hydrogen) atoms. The number of furan rings is 1. The van der Waals surface area contributed by atoms with Crippen molar-refractivity contribution in [3.05, 3.63) is 194 Å². The first-order chi connectivity index (χ1) is 31.6. The lowest BCUT2D eigenvalue weighted by Gasteiger charge is -2.18. The van der Waals surface area contributed by atoms with Crippen LogP contribution >= 0.6 is 0 Å². The maximum Gasteiger partial charge on any atom is 0.136 e. The van der Waals surface area contributed by atoms with E-state index in [0.717, 1.165) is 55.0 Å². The standard InChI is InChI=1S/C52H32O/c1-2-11-34(12-3-1)51-44-14-6-8-16-46(44)52(47-17-9-7-15-45(47)51)42-23-22-36-29-38(20-21-39(36)30-42)41-24-26-43-48-31-40(25-27-49(48)53-50(43)32-41)37-19-18-33-10-4-5-13-35(33)28-37/h1-32H/i1D,2D,3D,6D,7D,8D,9D,11D,12D,14D,15D,16D,17D. The minimum atomic E-state index is -0.712. The summed E-state index contributed by atoms with van der Waals surface area (Å²) in [6.07, 6.45) is 0. The molecule has 0 aliphatic carbocycles. The molecule has 1 heterocycles. The van der Waals surface area contributed by atoms with Crippen molar-refractivity contribution in [1.82, 2.24) is 0 Å². The summed E-state index contributed by atoms with van der Waals surface area (Å²) < 4.78 is 121. The van der Waals surface area contributed by atoms with Gasteiger partial charge in [-0.15, -0.1) is 0 Å². The van der Waals surface area contributed by atoms with Gasteiger partial charge < -0.3 is 4.42 Å². The zero-order valence-electron chi connectivity index (χ0n) is 40.9. The number of benzene rings is 10. The third kappa shape index (κ3) is 4.86. The number of fused-ring (bicyclic) bond motifs is 7. The van der Waals surface area contributed by atoms with E-state index in [2.05, 4.69) is 48.5 Å². The Labute approximate surface area is 325 Å². The molecule has 246 valence electrons. The first-order valence-electron chi connectivity index (χ1n) is 23.7. The number of rotatable bonds is 4. The van der Waals surface area contributed by atoms with Crippen molar-refractivity contribution in [3.8, 4) is 44.5 Å². The van der Waals surface area contributed by atoms with Crippen LogP contribution in [-0.2, 0) is 0 Å². The molecule has 0 aliphatic heterocycles. The molecule has 10 aromatic carbocycles. The third-order valence-electron chi connectivity index (χ3n) is 10.1. The fourth-order valence-corrected chi connectivity index (χ4v) is 7.62. The number of hydrogen-bond acceptors (Lipinski definition) is 1. The molecule has 0 aliphatic rings. The zero-order chi connectivity index (χ0) is 46.2. The van der Waals surface area contributed by atoms with E-state index < -0.39 is 84.1 Å². The van der Waals surface area contributed by atoms with Crippen LogP contribution in [0.15, 0.2) is 198 Å². The van der Waals surface area contributed by atoms with Gasteiger partial charge in [-0.05, 0) is 130 Å². The Bertz CT molecular complexity index is 3880. The Morgan fingerprint density at radius 2 is 0.774 bits per heavy atom. The highest BCUT2D eigenvalue weighted by atomic mass is 16.3. The van der Waals surface area contributed by atoms with Crippen LogP contribution in [0.25, 0.3) is 110 Å². The molecule has 0 bridgehead atoms. The molecule has 0 fully saturated rings. The molecule has 1 nitrogen and oxygen atoms in total. The van der Waals surface area contributed by atoms with E-state index in [-0.39, 0.29) is 32.7 Å². The first kappa shape index (κ1) is 19.6. The second kappa shape index (κ2) is 11.8. The van der Waals surface area contributed by atoms with E-state index in [1.165, 1.54) is 10.8 Å². The average Bonchev–Trinajstić information content (AvgIpc) is 3.71. The van der Waals surface area contributed by atoms with Crippen molar-refractivity contribution in [3.63, 3.8) is 0 Å². The molecule has 0 radical (unpaired) electrons. The predicted molar refractivity (Wildman–Crippen MR) is 225 cm³/mol. The van der Waals surface area contributed by atoms with Crippen LogP contribution in [0.5, 0.6) is 0 Å². The van der Waals surface area contributed by atoms with E-state index in [4.69, 9.17) is 16.8 Å². The van der Waals surface area contributed by atoms with Gasteiger partial charge in [-0.1, -0.05) is 151 Å². The summed E-state index contributed by atoms with van der Waals surface area (Å²) in [6, 6.07) is 30.0. The van der Waals surface area contributed by atoms with Crippen LogP contribution in [-0.4, -0.2) is 0 Å².